The van der Waals surface area contributed by atoms with Gasteiger partial charge in [0.1, 0.15) is 17.9 Å². The quantitative estimate of drug-likeness (QED) is 0.771. The van der Waals surface area contributed by atoms with Crippen LogP contribution in [0, 0.1) is 5.92 Å². The Kier molecular flexibility index (Phi) is 5.73. The molecule has 0 radical (unpaired) electrons. The summed E-state index contributed by atoms with van der Waals surface area (Å²) in [7, 11) is 1.88. The van der Waals surface area contributed by atoms with Crippen molar-refractivity contribution in [2.75, 3.05) is 26.9 Å². The number of halogens is 1. The zero-order valence-electron chi connectivity index (χ0n) is 15.3. The molecule has 1 saturated heterocycles. The number of urea groups is 1. The molecule has 1 spiro atoms. The molecule has 2 atom stereocenters. The Bertz CT molecular complexity index is 666. The van der Waals surface area contributed by atoms with Crippen LogP contribution in [0.1, 0.15) is 32.6 Å². The summed E-state index contributed by atoms with van der Waals surface area (Å²) in [6, 6.07) is 6.90. The predicted octanol–water partition coefficient (Wildman–Crippen LogP) is 3.11. The van der Waals surface area contributed by atoms with E-state index in [9.17, 15) is 9.59 Å². The first-order valence-corrected chi connectivity index (χ1v) is 9.51. The van der Waals surface area contributed by atoms with Crippen molar-refractivity contribution >= 4 is 23.5 Å². The van der Waals surface area contributed by atoms with Gasteiger partial charge in [-0.2, -0.15) is 0 Å². The zero-order chi connectivity index (χ0) is 18.7. The number of rotatable bonds is 6. The molecule has 0 unspecified atom stereocenters. The van der Waals surface area contributed by atoms with Gasteiger partial charge in [-0.05, 0) is 50.1 Å². The number of likely N-dealkylation sites (N-methyl/N-ethyl adjacent to an activating group) is 1. The van der Waals surface area contributed by atoms with E-state index in [1.54, 1.807) is 12.1 Å². The average molecular weight is 380 g/mol. The lowest BCUT2D eigenvalue weighted by Gasteiger charge is -2.37. The Morgan fingerprint density at radius 1 is 1.31 bits per heavy atom. The molecule has 142 valence electrons. The first-order chi connectivity index (χ1) is 12.4. The molecule has 7 heteroatoms. The molecular weight excluding hydrogens is 354 g/mol. The minimum absolute atomic E-state index is 0.0832. The average Bonchev–Trinajstić information content (AvgIpc) is 2.84. The number of carbonyl (C=O) groups excluding carboxylic acids is 2. The molecule has 1 aliphatic carbocycles. The first kappa shape index (κ1) is 19.0. The fourth-order valence-corrected chi connectivity index (χ4v) is 3.91. The summed E-state index contributed by atoms with van der Waals surface area (Å²) in [4.78, 5) is 28.6. The van der Waals surface area contributed by atoms with E-state index in [2.05, 4.69) is 12.2 Å². The minimum Gasteiger partial charge on any atom is -0.492 e. The molecular formula is C19H26ClN3O3. The third-order valence-corrected chi connectivity index (χ3v) is 5.69. The second-order valence-electron chi connectivity index (χ2n) is 7.30. The number of hydrogen-bond donors (Lipinski definition) is 1. The highest BCUT2D eigenvalue weighted by molar-refractivity contribution is 6.30. The maximum Gasteiger partial charge on any atom is 0.326 e. The van der Waals surface area contributed by atoms with Crippen LogP contribution in [-0.2, 0) is 4.79 Å². The van der Waals surface area contributed by atoms with Crippen LogP contribution in [0.4, 0.5) is 4.79 Å². The van der Waals surface area contributed by atoms with Gasteiger partial charge in [0, 0.05) is 11.6 Å². The van der Waals surface area contributed by atoms with E-state index in [0.717, 1.165) is 31.4 Å². The maximum atomic E-state index is 12.9. The largest absolute Gasteiger partial charge is 0.492 e. The molecule has 3 rings (SSSR count). The van der Waals surface area contributed by atoms with E-state index < -0.39 is 5.54 Å². The van der Waals surface area contributed by atoms with Crippen LogP contribution in [-0.4, -0.2) is 54.1 Å². The number of hydrogen-bond acceptors (Lipinski definition) is 4. The lowest BCUT2D eigenvalue weighted by Crippen LogP contribution is -2.54. The van der Waals surface area contributed by atoms with Crippen LogP contribution >= 0.6 is 11.6 Å². The SMILES string of the molecule is C[C@@H]1CCCC[C@@]12NC(=O)N(CN(C)CCOc1ccc(Cl)cc1)C2=O. The molecule has 2 fully saturated rings. The van der Waals surface area contributed by atoms with Gasteiger partial charge in [0.25, 0.3) is 5.91 Å². The molecule has 6 nitrogen and oxygen atoms in total. The normalized spacial score (nSPS) is 25.8. The summed E-state index contributed by atoms with van der Waals surface area (Å²) < 4.78 is 5.67. The second-order valence-corrected chi connectivity index (χ2v) is 7.74. The summed E-state index contributed by atoms with van der Waals surface area (Å²) in [6.07, 6.45) is 3.81. The second kappa shape index (κ2) is 7.84. The lowest BCUT2D eigenvalue weighted by molar-refractivity contribution is -0.135. The highest BCUT2D eigenvalue weighted by Crippen LogP contribution is 2.38. The Hall–Kier alpha value is -1.79. The molecule has 3 amide bonds. The Morgan fingerprint density at radius 3 is 2.73 bits per heavy atom. The van der Waals surface area contributed by atoms with Gasteiger partial charge in [-0.15, -0.1) is 0 Å². The van der Waals surface area contributed by atoms with E-state index in [-0.39, 0.29) is 24.5 Å². The smallest absolute Gasteiger partial charge is 0.326 e. The summed E-state index contributed by atoms with van der Waals surface area (Å²) >= 11 is 5.85. The van der Waals surface area contributed by atoms with Crippen LogP contribution in [0.15, 0.2) is 24.3 Å². The summed E-state index contributed by atoms with van der Waals surface area (Å²) in [5.41, 5.74) is -0.698. The number of benzene rings is 1. The monoisotopic (exact) mass is 379 g/mol. The Labute approximate surface area is 159 Å². The molecule has 1 aromatic rings. The maximum absolute atomic E-state index is 12.9. The van der Waals surface area contributed by atoms with Crippen molar-refractivity contribution in [3.63, 3.8) is 0 Å². The van der Waals surface area contributed by atoms with Crippen LogP contribution in [0.25, 0.3) is 0 Å². The number of carbonyl (C=O) groups is 2. The zero-order valence-corrected chi connectivity index (χ0v) is 16.1. The van der Waals surface area contributed by atoms with Gasteiger partial charge >= 0.3 is 6.03 Å². The van der Waals surface area contributed by atoms with Crippen molar-refractivity contribution in [3.05, 3.63) is 29.3 Å². The van der Waals surface area contributed by atoms with E-state index in [1.807, 2.05) is 24.1 Å². The topological polar surface area (TPSA) is 61.9 Å². The van der Waals surface area contributed by atoms with Gasteiger partial charge in [-0.1, -0.05) is 31.4 Å². The number of nitrogens with one attached hydrogen (secondary N) is 1. The lowest BCUT2D eigenvalue weighted by atomic mass is 9.73. The van der Waals surface area contributed by atoms with Crippen LogP contribution < -0.4 is 10.1 Å². The third-order valence-electron chi connectivity index (χ3n) is 5.44. The highest BCUT2D eigenvalue weighted by atomic mass is 35.5. The Balaban J connectivity index is 1.52. The number of ether oxygens (including phenoxy) is 1. The van der Waals surface area contributed by atoms with Crippen LogP contribution in [0.3, 0.4) is 0 Å². The first-order valence-electron chi connectivity index (χ1n) is 9.13. The molecule has 1 N–H and O–H groups in total. The number of imide groups is 1. The Morgan fingerprint density at radius 2 is 2.04 bits per heavy atom. The van der Waals surface area contributed by atoms with E-state index in [1.165, 1.54) is 4.90 Å². The van der Waals surface area contributed by atoms with Crippen molar-refractivity contribution in [2.24, 2.45) is 5.92 Å². The molecule has 1 saturated carbocycles. The molecule has 1 heterocycles. The van der Waals surface area contributed by atoms with Crippen molar-refractivity contribution in [1.29, 1.82) is 0 Å². The molecule has 2 aliphatic rings. The van der Waals surface area contributed by atoms with Crippen LogP contribution in [0.2, 0.25) is 5.02 Å². The molecule has 1 aliphatic heterocycles. The highest BCUT2D eigenvalue weighted by Gasteiger charge is 2.54. The number of nitrogens with zero attached hydrogens (tertiary/aromatic N) is 2. The minimum atomic E-state index is -0.698. The van der Waals surface area contributed by atoms with E-state index >= 15 is 0 Å². The van der Waals surface area contributed by atoms with Gasteiger partial charge in [0.15, 0.2) is 0 Å². The van der Waals surface area contributed by atoms with Crippen molar-refractivity contribution in [1.82, 2.24) is 15.1 Å². The van der Waals surface area contributed by atoms with Gasteiger partial charge in [-0.3, -0.25) is 9.69 Å². The van der Waals surface area contributed by atoms with Crippen LogP contribution in [0.5, 0.6) is 5.75 Å². The molecule has 0 bridgehead atoms. The third kappa shape index (κ3) is 3.81. The summed E-state index contributed by atoms with van der Waals surface area (Å²) in [6.45, 7) is 3.39. The summed E-state index contributed by atoms with van der Waals surface area (Å²) in [5.74, 6) is 0.837. The van der Waals surface area contributed by atoms with Crippen molar-refractivity contribution < 1.29 is 14.3 Å². The van der Waals surface area contributed by atoms with E-state index in [4.69, 9.17) is 16.3 Å². The molecule has 26 heavy (non-hydrogen) atoms. The van der Waals surface area contributed by atoms with Crippen molar-refractivity contribution in [3.8, 4) is 5.75 Å². The van der Waals surface area contributed by atoms with Gasteiger partial charge in [-0.25, -0.2) is 9.69 Å². The van der Waals surface area contributed by atoms with E-state index in [0.29, 0.717) is 18.2 Å². The van der Waals surface area contributed by atoms with Gasteiger partial charge < -0.3 is 10.1 Å². The fourth-order valence-electron chi connectivity index (χ4n) is 3.79. The summed E-state index contributed by atoms with van der Waals surface area (Å²) in [5, 5.41) is 3.64. The molecule has 0 aromatic heterocycles. The standard InChI is InChI=1S/C19H26ClN3O3/c1-14-5-3-4-10-19(14)17(24)23(18(25)21-19)13-22(2)11-12-26-16-8-6-15(20)7-9-16/h6-9,14H,3-5,10-13H2,1-2H3,(H,21,25)/t14-,19-/m1/s1. The van der Waals surface area contributed by atoms with Gasteiger partial charge in [0.05, 0.1) is 6.67 Å². The molecule has 1 aromatic carbocycles. The number of amides is 3. The van der Waals surface area contributed by atoms with Gasteiger partial charge in [0.2, 0.25) is 0 Å². The predicted molar refractivity (Wildman–Crippen MR) is 100 cm³/mol. The van der Waals surface area contributed by atoms with Crippen molar-refractivity contribution in [2.45, 2.75) is 38.1 Å². The fraction of sp³-hybridized carbons (Fsp3) is 0.579.